The Morgan fingerprint density at radius 3 is 2.45 bits per heavy atom. The van der Waals surface area contributed by atoms with Gasteiger partial charge < -0.3 is 10.6 Å². The van der Waals surface area contributed by atoms with Crippen LogP contribution in [-0.2, 0) is 0 Å². The molecule has 0 aliphatic heterocycles. The average molecular weight is 280 g/mol. The summed E-state index contributed by atoms with van der Waals surface area (Å²) in [5, 5.41) is 36.3. The van der Waals surface area contributed by atoms with Crippen molar-refractivity contribution in [2.75, 3.05) is 0 Å². The van der Waals surface area contributed by atoms with Gasteiger partial charge in [-0.3, -0.25) is 25.3 Å². The Morgan fingerprint density at radius 2 is 2.10 bits per heavy atom. The number of nitro groups is 2. The number of aliphatic hydroxyl groups excluding tert-OH is 1. The summed E-state index contributed by atoms with van der Waals surface area (Å²) in [6.07, 6.45) is 5.24. The molecule has 0 aromatic carbocycles. The van der Waals surface area contributed by atoms with E-state index in [-0.39, 0.29) is 0 Å². The molecule has 1 unspecified atom stereocenters. The summed E-state index contributed by atoms with van der Waals surface area (Å²) < 4.78 is 0. The second-order valence-electron chi connectivity index (χ2n) is 3.34. The largest absolute Gasteiger partial charge is 0.502 e. The molecule has 0 saturated heterocycles. The van der Waals surface area contributed by atoms with Crippen LogP contribution in [0.1, 0.15) is 0 Å². The van der Waals surface area contributed by atoms with Crippen LogP contribution < -0.4 is 0 Å². The van der Waals surface area contributed by atoms with Crippen molar-refractivity contribution in [3.05, 3.63) is 67.8 Å². The molecule has 11 nitrogen and oxygen atoms in total. The zero-order valence-corrected chi connectivity index (χ0v) is 9.78. The molecule has 1 aromatic heterocycles. The monoisotopic (exact) mass is 280 g/mol. The number of H-pyrrole nitrogens is 1. The fourth-order valence-corrected chi connectivity index (χ4v) is 1.33. The normalized spacial score (nSPS) is 17.0. The number of aliphatic hydroxyl groups is 1. The van der Waals surface area contributed by atoms with Gasteiger partial charge in [0.05, 0.1) is 4.92 Å². The van der Waals surface area contributed by atoms with Crippen molar-refractivity contribution in [3.8, 4) is 0 Å². The van der Waals surface area contributed by atoms with Crippen LogP contribution in [0.3, 0.4) is 0 Å². The molecular formula is C9H8N6O5. The summed E-state index contributed by atoms with van der Waals surface area (Å²) in [5.74, 6) is -0.825. The predicted octanol–water partition coefficient (Wildman–Crippen LogP) is 0.328. The molecular weight excluding hydrogens is 272 g/mol. The van der Waals surface area contributed by atoms with E-state index in [4.69, 9.17) is 10.6 Å². The number of nitrogens with zero attached hydrogens (tertiary/aromatic N) is 5. The smallest absolute Gasteiger partial charge is 0.402 e. The van der Waals surface area contributed by atoms with Crippen molar-refractivity contribution in [1.29, 1.82) is 0 Å². The van der Waals surface area contributed by atoms with Crippen LogP contribution in [0.2, 0.25) is 0 Å². The highest BCUT2D eigenvalue weighted by molar-refractivity contribution is 5.97. The van der Waals surface area contributed by atoms with Gasteiger partial charge in [0.2, 0.25) is 0 Å². The van der Waals surface area contributed by atoms with Gasteiger partial charge in [0.1, 0.15) is 0 Å². The number of allylic oxidation sites excluding steroid dienone is 1. The molecule has 0 fully saturated rings. The lowest BCUT2D eigenvalue weighted by Gasteiger charge is -2.05. The molecule has 1 aliphatic rings. The van der Waals surface area contributed by atoms with Gasteiger partial charge in [0.25, 0.3) is 0 Å². The topological polar surface area (TPSA) is 172 Å². The van der Waals surface area contributed by atoms with Gasteiger partial charge >= 0.3 is 17.5 Å². The van der Waals surface area contributed by atoms with Crippen LogP contribution in [0.15, 0.2) is 42.1 Å². The Morgan fingerprint density at radius 1 is 1.40 bits per heavy atom. The summed E-state index contributed by atoms with van der Waals surface area (Å²) in [6.45, 7) is 0. The Bertz CT molecular complexity index is 596. The van der Waals surface area contributed by atoms with Gasteiger partial charge in [0.15, 0.2) is 5.76 Å². The molecule has 1 heterocycles. The number of hydrogen-bond donors (Lipinski definition) is 2. The molecule has 0 amide bonds. The maximum absolute atomic E-state index is 10.5. The van der Waals surface area contributed by atoms with E-state index in [1.807, 2.05) is 6.07 Å². The SMILES string of the molecule is [N-]=[N+]=C1C=CC(O)=C([N+](=O)[O-])C1[N+](=O)[O-].c1cn[nH]c1. The summed E-state index contributed by atoms with van der Waals surface area (Å²) in [6, 6.07) is -0.130. The van der Waals surface area contributed by atoms with Crippen LogP contribution >= 0.6 is 0 Å². The average Bonchev–Trinajstić information content (AvgIpc) is 2.96. The zero-order chi connectivity index (χ0) is 15.1. The van der Waals surface area contributed by atoms with Crippen molar-refractivity contribution in [2.24, 2.45) is 0 Å². The highest BCUT2D eigenvalue weighted by Crippen LogP contribution is 2.18. The Hall–Kier alpha value is -3.33. The van der Waals surface area contributed by atoms with Crippen LogP contribution in [0.4, 0.5) is 0 Å². The van der Waals surface area contributed by atoms with E-state index in [1.54, 1.807) is 12.4 Å². The quantitative estimate of drug-likeness (QED) is 0.341. The van der Waals surface area contributed by atoms with Gasteiger partial charge in [-0.05, 0) is 12.1 Å². The van der Waals surface area contributed by atoms with Crippen molar-refractivity contribution < 1.29 is 19.7 Å². The van der Waals surface area contributed by atoms with E-state index in [9.17, 15) is 20.2 Å². The van der Waals surface area contributed by atoms with Crippen LogP contribution in [-0.4, -0.2) is 41.7 Å². The second kappa shape index (κ2) is 6.56. The van der Waals surface area contributed by atoms with Gasteiger partial charge in [-0.1, -0.05) is 0 Å². The Kier molecular flexibility index (Phi) is 4.83. The molecule has 0 spiro atoms. The molecule has 2 N–H and O–H groups in total. The molecule has 2 rings (SSSR count). The van der Waals surface area contributed by atoms with Gasteiger partial charge in [-0.25, -0.2) is 0 Å². The zero-order valence-electron chi connectivity index (χ0n) is 9.78. The Balaban J connectivity index is 0.000000333. The molecule has 11 heteroatoms. The van der Waals surface area contributed by atoms with E-state index in [0.29, 0.717) is 0 Å². The summed E-state index contributed by atoms with van der Waals surface area (Å²) in [5.41, 5.74) is 6.87. The van der Waals surface area contributed by atoms with Crippen molar-refractivity contribution in [1.82, 2.24) is 10.2 Å². The van der Waals surface area contributed by atoms with E-state index in [1.165, 1.54) is 0 Å². The first-order valence-electron chi connectivity index (χ1n) is 5.03. The van der Waals surface area contributed by atoms with Crippen molar-refractivity contribution >= 4 is 5.71 Å². The fourth-order valence-electron chi connectivity index (χ4n) is 1.33. The highest BCUT2D eigenvalue weighted by Gasteiger charge is 2.49. The third kappa shape index (κ3) is 3.34. The molecule has 1 aromatic rings. The van der Waals surface area contributed by atoms with Crippen molar-refractivity contribution in [3.63, 3.8) is 0 Å². The van der Waals surface area contributed by atoms with Gasteiger partial charge in [-0.2, -0.15) is 9.89 Å². The first-order chi connectivity index (χ1) is 9.49. The lowest BCUT2D eigenvalue weighted by molar-refractivity contribution is -0.542. The van der Waals surface area contributed by atoms with Crippen molar-refractivity contribution in [2.45, 2.75) is 6.04 Å². The van der Waals surface area contributed by atoms with E-state index >= 15 is 0 Å². The van der Waals surface area contributed by atoms with Crippen LogP contribution in [0.5, 0.6) is 0 Å². The maximum Gasteiger partial charge on any atom is 0.402 e. The maximum atomic E-state index is 10.5. The first-order valence-corrected chi connectivity index (χ1v) is 5.03. The third-order valence-corrected chi connectivity index (χ3v) is 2.14. The number of rotatable bonds is 2. The number of aromatic nitrogens is 2. The molecule has 1 atom stereocenters. The lowest BCUT2D eigenvalue weighted by atomic mass is 10.0. The number of nitrogens with one attached hydrogen (secondary N) is 1. The molecule has 0 saturated carbocycles. The van der Waals surface area contributed by atoms with E-state index < -0.39 is 33.1 Å². The van der Waals surface area contributed by atoms with E-state index in [0.717, 1.165) is 12.2 Å². The highest BCUT2D eigenvalue weighted by atomic mass is 16.6. The standard InChI is InChI=1S/C6H4N4O5.C3H4N2/c7-8-3-1-2-4(11)6(10(14)15)5(3)9(12)13;1-2-4-5-3-1/h1-2,5,11H;1-3H,(H,4,5). The minimum absolute atomic E-state index is 0.510. The summed E-state index contributed by atoms with van der Waals surface area (Å²) >= 11 is 0. The second-order valence-corrected chi connectivity index (χ2v) is 3.34. The third-order valence-electron chi connectivity index (χ3n) is 2.14. The number of aromatic amines is 1. The molecule has 0 bridgehead atoms. The minimum Gasteiger partial charge on any atom is -0.502 e. The molecule has 104 valence electrons. The Labute approximate surface area is 110 Å². The first kappa shape index (κ1) is 14.7. The predicted molar refractivity (Wildman–Crippen MR) is 63.8 cm³/mol. The van der Waals surface area contributed by atoms with Crippen LogP contribution in [0, 0.1) is 20.2 Å². The number of hydrogen-bond acceptors (Lipinski definition) is 6. The van der Waals surface area contributed by atoms with Crippen LogP contribution in [0.25, 0.3) is 5.53 Å². The van der Waals surface area contributed by atoms with Gasteiger partial charge in [-0.15, -0.1) is 0 Å². The van der Waals surface area contributed by atoms with Gasteiger partial charge in [0, 0.05) is 23.4 Å². The van der Waals surface area contributed by atoms with E-state index in [2.05, 4.69) is 15.0 Å². The summed E-state index contributed by atoms with van der Waals surface area (Å²) in [4.78, 5) is 21.4. The fraction of sp³-hybridized carbons (Fsp3) is 0.111. The summed E-state index contributed by atoms with van der Waals surface area (Å²) in [7, 11) is 0. The molecule has 20 heavy (non-hydrogen) atoms. The molecule has 0 radical (unpaired) electrons. The lowest BCUT2D eigenvalue weighted by Crippen LogP contribution is -2.36. The minimum atomic E-state index is -1.96. The molecule has 1 aliphatic carbocycles.